The molecule has 4 nitrogen and oxygen atoms in total. The summed E-state index contributed by atoms with van der Waals surface area (Å²) in [5.74, 6) is 0.712. The summed E-state index contributed by atoms with van der Waals surface area (Å²) in [5, 5.41) is 0. The van der Waals surface area contributed by atoms with Crippen LogP contribution >= 0.6 is 15.9 Å². The highest BCUT2D eigenvalue weighted by atomic mass is 79.9. The number of halogens is 1. The highest BCUT2D eigenvalue weighted by Crippen LogP contribution is 2.54. The third-order valence-corrected chi connectivity index (χ3v) is 9.54. The van der Waals surface area contributed by atoms with E-state index < -0.39 is 0 Å². The van der Waals surface area contributed by atoms with Crippen molar-refractivity contribution in [3.63, 3.8) is 0 Å². The van der Waals surface area contributed by atoms with Gasteiger partial charge in [0.1, 0.15) is 12.4 Å². The molecule has 5 heteroatoms. The maximum atomic E-state index is 14.0. The Bertz CT molecular complexity index is 1540. The van der Waals surface area contributed by atoms with Crippen LogP contribution in [0.15, 0.2) is 106 Å². The van der Waals surface area contributed by atoms with E-state index in [1.165, 1.54) is 5.56 Å². The first-order valence-corrected chi connectivity index (χ1v) is 15.6. The smallest absolute Gasteiger partial charge is 0.162 e. The van der Waals surface area contributed by atoms with Crippen LogP contribution in [0.4, 0.5) is 0 Å². The Morgan fingerprint density at radius 3 is 1.86 bits per heavy atom. The van der Waals surface area contributed by atoms with Crippen molar-refractivity contribution in [3.8, 4) is 5.75 Å². The maximum absolute atomic E-state index is 14.0. The van der Waals surface area contributed by atoms with Gasteiger partial charge < -0.3 is 9.64 Å². The lowest BCUT2D eigenvalue weighted by atomic mass is 9.63. The quantitative estimate of drug-likeness (QED) is 0.275. The van der Waals surface area contributed by atoms with Crippen molar-refractivity contribution in [1.82, 2.24) is 4.90 Å². The van der Waals surface area contributed by atoms with Crippen molar-refractivity contribution in [2.45, 2.75) is 72.4 Å². The summed E-state index contributed by atoms with van der Waals surface area (Å²) in [6.07, 6.45) is 2.57. The molecule has 2 aliphatic carbocycles. The molecule has 3 aromatic rings. The van der Waals surface area contributed by atoms with Gasteiger partial charge in [-0.25, -0.2) is 0 Å². The second-order valence-corrected chi connectivity index (χ2v) is 14.4. The molecule has 0 saturated carbocycles. The summed E-state index contributed by atoms with van der Waals surface area (Å²) < 4.78 is 7.13. The molecule has 0 unspecified atom stereocenters. The van der Waals surface area contributed by atoms with Gasteiger partial charge >= 0.3 is 0 Å². The van der Waals surface area contributed by atoms with E-state index in [-0.39, 0.29) is 28.3 Å². The molecule has 0 atom stereocenters. The number of allylic oxidation sites excluding steroid dienone is 4. The fraction of sp³-hybridized carbons (Fsp3) is 0.351. The van der Waals surface area contributed by atoms with Gasteiger partial charge in [-0.2, -0.15) is 0 Å². The Morgan fingerprint density at radius 2 is 1.29 bits per heavy atom. The number of carbonyl (C=O) groups is 2. The Hall–Kier alpha value is -3.44. The van der Waals surface area contributed by atoms with E-state index in [1.807, 2.05) is 54.6 Å². The van der Waals surface area contributed by atoms with Crippen molar-refractivity contribution in [1.29, 1.82) is 0 Å². The molecule has 3 aliphatic rings. The molecule has 42 heavy (non-hydrogen) atoms. The Labute approximate surface area is 257 Å². The van der Waals surface area contributed by atoms with Crippen LogP contribution in [0.5, 0.6) is 5.75 Å². The van der Waals surface area contributed by atoms with Crippen LogP contribution in [0.25, 0.3) is 0 Å². The predicted molar refractivity (Wildman–Crippen MR) is 170 cm³/mol. The molecule has 0 bridgehead atoms. The molecule has 3 aromatic carbocycles. The van der Waals surface area contributed by atoms with Gasteiger partial charge in [0.2, 0.25) is 0 Å². The topological polar surface area (TPSA) is 46.6 Å². The molecule has 0 saturated heterocycles. The van der Waals surface area contributed by atoms with Crippen LogP contribution in [-0.4, -0.2) is 16.5 Å². The average Bonchev–Trinajstić information content (AvgIpc) is 2.93. The largest absolute Gasteiger partial charge is 0.489 e. The van der Waals surface area contributed by atoms with Gasteiger partial charge in [0.05, 0.1) is 0 Å². The number of ketones is 2. The first-order valence-electron chi connectivity index (χ1n) is 14.8. The van der Waals surface area contributed by atoms with Crippen LogP contribution in [0.2, 0.25) is 0 Å². The minimum atomic E-state index is -0.355. The molecule has 6 rings (SSSR count). The second kappa shape index (κ2) is 11.0. The molecule has 0 aromatic heterocycles. The van der Waals surface area contributed by atoms with Crippen LogP contribution in [-0.2, 0) is 22.7 Å². The summed E-state index contributed by atoms with van der Waals surface area (Å²) in [7, 11) is 0. The van der Waals surface area contributed by atoms with Crippen LogP contribution in [0.1, 0.15) is 76.0 Å². The Morgan fingerprint density at radius 1 is 0.738 bits per heavy atom. The van der Waals surface area contributed by atoms with Gasteiger partial charge in [-0.3, -0.25) is 9.59 Å². The number of rotatable bonds is 6. The maximum Gasteiger partial charge on any atom is 0.162 e. The van der Waals surface area contributed by atoms with Gasteiger partial charge in [0.25, 0.3) is 0 Å². The summed E-state index contributed by atoms with van der Waals surface area (Å²) in [6.45, 7) is 9.83. The molecule has 0 radical (unpaired) electrons. The number of hydrogen-bond acceptors (Lipinski definition) is 4. The van der Waals surface area contributed by atoms with Gasteiger partial charge in [-0.1, -0.05) is 104 Å². The fourth-order valence-corrected chi connectivity index (χ4v) is 7.27. The second-order valence-electron chi connectivity index (χ2n) is 13.6. The minimum Gasteiger partial charge on any atom is -0.489 e. The lowest BCUT2D eigenvalue weighted by molar-refractivity contribution is -0.119. The van der Waals surface area contributed by atoms with Crippen molar-refractivity contribution >= 4 is 27.5 Å². The van der Waals surface area contributed by atoms with E-state index in [4.69, 9.17) is 4.74 Å². The summed E-state index contributed by atoms with van der Waals surface area (Å²) in [5.41, 5.74) is 6.71. The monoisotopic (exact) mass is 623 g/mol. The number of ether oxygens (including phenoxy) is 1. The molecular formula is C37H38BrNO3. The highest BCUT2D eigenvalue weighted by molar-refractivity contribution is 9.10. The van der Waals surface area contributed by atoms with Crippen molar-refractivity contribution in [3.05, 3.63) is 123 Å². The average molecular weight is 625 g/mol. The van der Waals surface area contributed by atoms with E-state index in [0.717, 1.165) is 56.7 Å². The number of benzene rings is 3. The van der Waals surface area contributed by atoms with Gasteiger partial charge in [-0.15, -0.1) is 0 Å². The molecule has 0 amide bonds. The molecule has 1 aliphatic heterocycles. The SMILES string of the molecule is CC1(C)CC(=O)C2=C(C1)N(Cc1ccccc1)C1=C(C(=O)CC(C)(C)C1)C2c1ccc(OCc2ccccc2Br)cc1. The fourth-order valence-electron chi connectivity index (χ4n) is 6.87. The zero-order valence-corrected chi connectivity index (χ0v) is 26.5. The van der Waals surface area contributed by atoms with Crippen molar-refractivity contribution in [2.24, 2.45) is 10.8 Å². The van der Waals surface area contributed by atoms with E-state index in [9.17, 15) is 9.59 Å². The van der Waals surface area contributed by atoms with Gasteiger partial charge in [0.15, 0.2) is 11.6 Å². The number of carbonyl (C=O) groups excluding carboxylic acids is 2. The predicted octanol–water partition coefficient (Wildman–Crippen LogP) is 8.91. The zero-order chi connectivity index (χ0) is 29.6. The third kappa shape index (κ3) is 5.64. The summed E-state index contributed by atoms with van der Waals surface area (Å²) in [4.78, 5) is 30.4. The number of hydrogen-bond donors (Lipinski definition) is 0. The van der Waals surface area contributed by atoms with Gasteiger partial charge in [0, 0.05) is 57.9 Å². The van der Waals surface area contributed by atoms with Gasteiger partial charge in [-0.05, 0) is 53.0 Å². The lowest BCUT2D eigenvalue weighted by Gasteiger charge is -2.49. The minimum absolute atomic E-state index is 0.148. The Kier molecular flexibility index (Phi) is 7.51. The molecule has 0 spiro atoms. The third-order valence-electron chi connectivity index (χ3n) is 8.77. The summed E-state index contributed by atoms with van der Waals surface area (Å²) >= 11 is 3.59. The van der Waals surface area contributed by atoms with Crippen molar-refractivity contribution in [2.75, 3.05) is 0 Å². The van der Waals surface area contributed by atoms with E-state index >= 15 is 0 Å². The van der Waals surface area contributed by atoms with E-state index in [2.05, 4.69) is 72.8 Å². The standard InChI is InChI=1S/C37H38BrNO3/c1-36(2)18-29-34(31(40)20-36)33(25-14-16-27(17-15-25)42-23-26-12-8-9-13-28(26)38)35-30(19-37(3,4)21-32(35)41)39(29)22-24-10-6-5-7-11-24/h5-17,33H,18-23H2,1-4H3. The normalized spacial score (nSPS) is 20.0. The molecular weight excluding hydrogens is 586 g/mol. The van der Waals surface area contributed by atoms with Crippen LogP contribution in [0, 0.1) is 10.8 Å². The van der Waals surface area contributed by atoms with Crippen molar-refractivity contribution < 1.29 is 14.3 Å². The highest BCUT2D eigenvalue weighted by Gasteiger charge is 2.48. The first kappa shape index (κ1) is 28.7. The number of nitrogens with zero attached hydrogens (tertiary/aromatic N) is 1. The Balaban J connectivity index is 1.43. The van der Waals surface area contributed by atoms with Crippen LogP contribution < -0.4 is 4.74 Å². The van der Waals surface area contributed by atoms with Crippen LogP contribution in [0.3, 0.4) is 0 Å². The zero-order valence-electron chi connectivity index (χ0n) is 24.9. The molecule has 0 fully saturated rings. The number of Topliss-reactive ketones (excluding diaryl/α,β-unsaturated/α-hetero) is 2. The lowest BCUT2D eigenvalue weighted by Crippen LogP contribution is -2.44. The molecule has 0 N–H and O–H groups in total. The molecule has 1 heterocycles. The summed E-state index contributed by atoms with van der Waals surface area (Å²) in [6, 6.07) is 26.5. The first-order chi connectivity index (χ1) is 20.0. The van der Waals surface area contributed by atoms with E-state index in [1.54, 1.807) is 0 Å². The van der Waals surface area contributed by atoms with E-state index in [0.29, 0.717) is 26.0 Å². The molecule has 216 valence electrons.